The molecule has 0 aliphatic rings. The molecule has 2 aromatic rings. The van der Waals surface area contributed by atoms with E-state index in [2.05, 4.69) is 0 Å². The van der Waals surface area contributed by atoms with Gasteiger partial charge in [-0.2, -0.15) is 0 Å². The molecule has 2 rings (SSSR count). The minimum atomic E-state index is 0.137. The average Bonchev–Trinajstić information content (AvgIpc) is 2.70. The Morgan fingerprint density at radius 3 is 2.12 bits per heavy atom. The number of aryl methyl sites for hydroxylation is 1. The molecule has 0 atom stereocenters. The second-order valence-electron chi connectivity index (χ2n) is 5.95. The van der Waals surface area contributed by atoms with Crippen LogP contribution in [0.5, 0.6) is 17.2 Å². The third-order valence-electron chi connectivity index (χ3n) is 4.34. The summed E-state index contributed by atoms with van der Waals surface area (Å²) in [5.74, 6) is 2.33. The molecular weight excluding hydrogens is 330 g/mol. The Morgan fingerprint density at radius 1 is 0.885 bits per heavy atom. The molecule has 0 fully saturated rings. The Labute approximate surface area is 155 Å². The fourth-order valence-corrected chi connectivity index (χ4v) is 2.77. The molecule has 0 radical (unpaired) electrons. The van der Waals surface area contributed by atoms with Crippen LogP contribution in [0.1, 0.15) is 24.5 Å². The van der Waals surface area contributed by atoms with Crippen molar-refractivity contribution in [1.82, 2.24) is 4.90 Å². The summed E-state index contributed by atoms with van der Waals surface area (Å²) in [6, 6.07) is 13.6. The highest BCUT2D eigenvalue weighted by molar-refractivity contribution is 5.76. The van der Waals surface area contributed by atoms with Gasteiger partial charge in [-0.15, -0.1) is 0 Å². The normalized spacial score (nSPS) is 10.3. The van der Waals surface area contributed by atoms with E-state index in [1.54, 1.807) is 21.3 Å². The maximum Gasteiger partial charge on any atom is 0.223 e. The fraction of sp³-hybridized carbons (Fsp3) is 0.381. The highest BCUT2D eigenvalue weighted by Gasteiger charge is 2.13. The van der Waals surface area contributed by atoms with Gasteiger partial charge in [-0.05, 0) is 48.7 Å². The van der Waals surface area contributed by atoms with Gasteiger partial charge in [0.25, 0.3) is 0 Å². The lowest BCUT2D eigenvalue weighted by atomic mass is 10.1. The van der Waals surface area contributed by atoms with E-state index in [9.17, 15) is 4.79 Å². The second kappa shape index (κ2) is 9.70. The number of nitrogens with zero attached hydrogens (tertiary/aromatic N) is 1. The Kier molecular flexibility index (Phi) is 7.33. The van der Waals surface area contributed by atoms with Gasteiger partial charge >= 0.3 is 0 Å². The van der Waals surface area contributed by atoms with Gasteiger partial charge in [0.1, 0.15) is 5.75 Å². The lowest BCUT2D eigenvalue weighted by Crippen LogP contribution is -2.30. The number of amides is 1. The number of benzene rings is 2. The molecule has 0 aliphatic heterocycles. The van der Waals surface area contributed by atoms with Crippen LogP contribution in [0.15, 0.2) is 42.5 Å². The van der Waals surface area contributed by atoms with Crippen LogP contribution in [0, 0.1) is 0 Å². The standard InChI is InChI=1S/C21H27NO4/c1-5-22(15-17-6-10-18(24-2)11-7-17)21(23)13-9-16-8-12-19(25-3)20(14-16)26-4/h6-8,10-12,14H,5,9,13,15H2,1-4H3. The molecule has 26 heavy (non-hydrogen) atoms. The van der Waals surface area contributed by atoms with Gasteiger partial charge in [0.2, 0.25) is 5.91 Å². The zero-order chi connectivity index (χ0) is 18.9. The van der Waals surface area contributed by atoms with Crippen LogP contribution in [-0.2, 0) is 17.8 Å². The maximum absolute atomic E-state index is 12.6. The van der Waals surface area contributed by atoms with Crippen molar-refractivity contribution in [3.05, 3.63) is 53.6 Å². The molecule has 0 heterocycles. The van der Waals surface area contributed by atoms with Crippen LogP contribution < -0.4 is 14.2 Å². The van der Waals surface area contributed by atoms with Crippen LogP contribution in [0.2, 0.25) is 0 Å². The monoisotopic (exact) mass is 357 g/mol. The summed E-state index contributed by atoms with van der Waals surface area (Å²) in [5, 5.41) is 0. The summed E-state index contributed by atoms with van der Waals surface area (Å²) in [5.41, 5.74) is 2.14. The van der Waals surface area contributed by atoms with E-state index in [4.69, 9.17) is 14.2 Å². The Hall–Kier alpha value is -2.69. The van der Waals surface area contributed by atoms with E-state index >= 15 is 0 Å². The van der Waals surface area contributed by atoms with Crippen molar-refractivity contribution in [2.75, 3.05) is 27.9 Å². The number of ether oxygens (including phenoxy) is 3. The van der Waals surface area contributed by atoms with Gasteiger partial charge in [-0.1, -0.05) is 18.2 Å². The molecular formula is C21H27NO4. The molecule has 0 aliphatic carbocycles. The summed E-state index contributed by atoms with van der Waals surface area (Å²) >= 11 is 0. The third-order valence-corrected chi connectivity index (χ3v) is 4.34. The summed E-state index contributed by atoms with van der Waals surface area (Å²) < 4.78 is 15.7. The lowest BCUT2D eigenvalue weighted by Gasteiger charge is -2.21. The Bertz CT molecular complexity index is 712. The Balaban J connectivity index is 1.96. The van der Waals surface area contributed by atoms with Crippen molar-refractivity contribution < 1.29 is 19.0 Å². The van der Waals surface area contributed by atoms with E-state index in [0.29, 0.717) is 37.4 Å². The number of carbonyl (C=O) groups excluding carboxylic acids is 1. The lowest BCUT2D eigenvalue weighted by molar-refractivity contribution is -0.131. The van der Waals surface area contributed by atoms with Crippen LogP contribution in [0.25, 0.3) is 0 Å². The predicted octanol–water partition coefficient (Wildman–Crippen LogP) is 3.69. The van der Waals surface area contributed by atoms with E-state index in [-0.39, 0.29) is 5.91 Å². The molecule has 0 saturated carbocycles. The zero-order valence-corrected chi connectivity index (χ0v) is 16.0. The van der Waals surface area contributed by atoms with Crippen LogP contribution in [0.4, 0.5) is 0 Å². The van der Waals surface area contributed by atoms with E-state index in [1.807, 2.05) is 54.3 Å². The van der Waals surface area contributed by atoms with Crippen molar-refractivity contribution in [2.24, 2.45) is 0 Å². The SMILES string of the molecule is CCN(Cc1ccc(OC)cc1)C(=O)CCc1ccc(OC)c(OC)c1. The molecule has 0 bridgehead atoms. The molecule has 5 nitrogen and oxygen atoms in total. The number of rotatable bonds is 9. The fourth-order valence-electron chi connectivity index (χ4n) is 2.77. The van der Waals surface area contributed by atoms with Gasteiger partial charge in [-0.25, -0.2) is 0 Å². The largest absolute Gasteiger partial charge is 0.497 e. The van der Waals surface area contributed by atoms with Crippen molar-refractivity contribution in [3.8, 4) is 17.2 Å². The minimum Gasteiger partial charge on any atom is -0.497 e. The summed E-state index contributed by atoms with van der Waals surface area (Å²) in [6.45, 7) is 3.28. The van der Waals surface area contributed by atoms with Crippen molar-refractivity contribution in [1.29, 1.82) is 0 Å². The van der Waals surface area contributed by atoms with Crippen molar-refractivity contribution in [2.45, 2.75) is 26.3 Å². The first kappa shape index (κ1) is 19.6. The molecule has 140 valence electrons. The molecule has 0 aromatic heterocycles. The molecule has 0 unspecified atom stereocenters. The van der Waals surface area contributed by atoms with E-state index in [1.165, 1.54) is 0 Å². The van der Waals surface area contributed by atoms with Gasteiger partial charge in [0.15, 0.2) is 11.5 Å². The second-order valence-corrected chi connectivity index (χ2v) is 5.95. The Morgan fingerprint density at radius 2 is 1.54 bits per heavy atom. The molecule has 0 N–H and O–H groups in total. The topological polar surface area (TPSA) is 48.0 Å². The van der Waals surface area contributed by atoms with E-state index in [0.717, 1.165) is 16.9 Å². The quantitative estimate of drug-likeness (QED) is 0.687. The first-order chi connectivity index (χ1) is 12.6. The number of methoxy groups -OCH3 is 3. The predicted molar refractivity (Wildman–Crippen MR) is 102 cm³/mol. The first-order valence-corrected chi connectivity index (χ1v) is 8.72. The number of hydrogen-bond acceptors (Lipinski definition) is 4. The minimum absolute atomic E-state index is 0.137. The number of carbonyl (C=O) groups is 1. The van der Waals surface area contributed by atoms with Gasteiger partial charge in [0, 0.05) is 19.5 Å². The van der Waals surface area contributed by atoms with Crippen LogP contribution in [-0.4, -0.2) is 38.7 Å². The molecule has 5 heteroatoms. The number of hydrogen-bond donors (Lipinski definition) is 0. The average molecular weight is 357 g/mol. The van der Waals surface area contributed by atoms with Crippen molar-refractivity contribution >= 4 is 5.91 Å². The van der Waals surface area contributed by atoms with Gasteiger partial charge < -0.3 is 19.1 Å². The summed E-state index contributed by atoms with van der Waals surface area (Å²) in [7, 11) is 4.87. The van der Waals surface area contributed by atoms with E-state index < -0.39 is 0 Å². The highest BCUT2D eigenvalue weighted by Crippen LogP contribution is 2.28. The summed E-state index contributed by atoms with van der Waals surface area (Å²) in [6.07, 6.45) is 1.12. The van der Waals surface area contributed by atoms with Crippen molar-refractivity contribution in [3.63, 3.8) is 0 Å². The first-order valence-electron chi connectivity index (χ1n) is 8.72. The molecule has 0 spiro atoms. The molecule has 0 saturated heterocycles. The van der Waals surface area contributed by atoms with Gasteiger partial charge in [-0.3, -0.25) is 4.79 Å². The van der Waals surface area contributed by atoms with Crippen LogP contribution >= 0.6 is 0 Å². The summed E-state index contributed by atoms with van der Waals surface area (Å²) in [4.78, 5) is 14.5. The smallest absolute Gasteiger partial charge is 0.223 e. The zero-order valence-electron chi connectivity index (χ0n) is 16.0. The van der Waals surface area contributed by atoms with Gasteiger partial charge in [0.05, 0.1) is 21.3 Å². The third kappa shape index (κ3) is 5.15. The molecule has 1 amide bonds. The van der Waals surface area contributed by atoms with Crippen LogP contribution in [0.3, 0.4) is 0 Å². The maximum atomic E-state index is 12.6. The highest BCUT2D eigenvalue weighted by atomic mass is 16.5. The molecule has 2 aromatic carbocycles.